The van der Waals surface area contributed by atoms with Gasteiger partial charge in [0.1, 0.15) is 5.52 Å². The Balaban J connectivity index is 2.14. The second-order valence-electron chi connectivity index (χ2n) is 5.27. The van der Waals surface area contributed by atoms with Gasteiger partial charge in [-0.2, -0.15) is 0 Å². The van der Waals surface area contributed by atoms with Gasteiger partial charge in [-0.05, 0) is 36.9 Å². The van der Waals surface area contributed by atoms with Crippen molar-refractivity contribution in [3.63, 3.8) is 0 Å². The maximum absolute atomic E-state index is 9.03. The molecule has 3 aromatic rings. The Morgan fingerprint density at radius 1 is 1.16 bits per heavy atom. The van der Waals surface area contributed by atoms with E-state index in [2.05, 4.69) is 15.3 Å². The zero-order valence-corrected chi connectivity index (χ0v) is 15.8. The normalized spacial score (nSPS) is 11.0. The summed E-state index contributed by atoms with van der Waals surface area (Å²) in [6, 6.07) is 7.24. The molecule has 0 unspecified atom stereocenters. The SMILES string of the molecule is CSc1ncc2nc(-c3ccc(Cl)cc3Cl)c(NCCCO)cc2n1. The fourth-order valence-corrected chi connectivity index (χ4v) is 3.22. The smallest absolute Gasteiger partial charge is 0.187 e. The molecule has 25 heavy (non-hydrogen) atoms. The molecule has 130 valence electrons. The number of thioether (sulfide) groups is 1. The van der Waals surface area contributed by atoms with E-state index >= 15 is 0 Å². The lowest BCUT2D eigenvalue weighted by molar-refractivity contribution is 0.292. The molecule has 5 nitrogen and oxygen atoms in total. The summed E-state index contributed by atoms with van der Waals surface area (Å²) in [5.41, 5.74) is 3.71. The Hall–Kier alpha value is -1.60. The highest BCUT2D eigenvalue weighted by atomic mass is 35.5. The van der Waals surface area contributed by atoms with Gasteiger partial charge in [0.05, 0.1) is 28.1 Å². The molecule has 0 aliphatic rings. The molecule has 0 radical (unpaired) electrons. The van der Waals surface area contributed by atoms with Crippen molar-refractivity contribution in [3.8, 4) is 11.3 Å². The van der Waals surface area contributed by atoms with Crippen LogP contribution < -0.4 is 5.32 Å². The van der Waals surface area contributed by atoms with E-state index in [9.17, 15) is 0 Å². The first-order valence-electron chi connectivity index (χ1n) is 7.64. The van der Waals surface area contributed by atoms with E-state index in [1.807, 2.05) is 18.4 Å². The molecule has 8 heteroatoms. The van der Waals surface area contributed by atoms with Crippen LogP contribution >= 0.6 is 35.0 Å². The Morgan fingerprint density at radius 2 is 2.00 bits per heavy atom. The molecule has 2 aromatic heterocycles. The first-order valence-corrected chi connectivity index (χ1v) is 9.62. The van der Waals surface area contributed by atoms with Crippen LogP contribution in [0.15, 0.2) is 35.6 Å². The Morgan fingerprint density at radius 3 is 2.72 bits per heavy atom. The topological polar surface area (TPSA) is 70.9 Å². The van der Waals surface area contributed by atoms with E-state index in [0.29, 0.717) is 39.4 Å². The number of pyridine rings is 1. The van der Waals surface area contributed by atoms with Crippen molar-refractivity contribution in [3.05, 3.63) is 40.5 Å². The molecular formula is C17H16Cl2N4OS. The van der Waals surface area contributed by atoms with Crippen molar-refractivity contribution in [2.24, 2.45) is 0 Å². The molecule has 0 amide bonds. The summed E-state index contributed by atoms with van der Waals surface area (Å²) in [4.78, 5) is 13.5. The maximum Gasteiger partial charge on any atom is 0.187 e. The number of nitrogens with zero attached hydrogens (tertiary/aromatic N) is 3. The van der Waals surface area contributed by atoms with E-state index in [0.717, 1.165) is 16.8 Å². The summed E-state index contributed by atoms with van der Waals surface area (Å²) < 4.78 is 0. The van der Waals surface area contributed by atoms with Gasteiger partial charge < -0.3 is 10.4 Å². The third kappa shape index (κ3) is 4.15. The van der Waals surface area contributed by atoms with Crippen LogP contribution in [0.4, 0.5) is 5.69 Å². The number of halogens is 2. The minimum atomic E-state index is 0.115. The van der Waals surface area contributed by atoms with Crippen LogP contribution in [0.1, 0.15) is 6.42 Å². The van der Waals surface area contributed by atoms with Gasteiger partial charge >= 0.3 is 0 Å². The molecule has 0 spiro atoms. The van der Waals surface area contributed by atoms with Gasteiger partial charge in [-0.1, -0.05) is 35.0 Å². The van der Waals surface area contributed by atoms with Crippen molar-refractivity contribution >= 4 is 51.7 Å². The van der Waals surface area contributed by atoms with Gasteiger partial charge in [0, 0.05) is 23.7 Å². The lowest BCUT2D eigenvalue weighted by atomic mass is 10.1. The maximum atomic E-state index is 9.03. The summed E-state index contributed by atoms with van der Waals surface area (Å²) in [6.07, 6.45) is 4.27. The third-order valence-corrected chi connectivity index (χ3v) is 4.67. The number of benzene rings is 1. The first-order chi connectivity index (χ1) is 12.1. The number of nitrogens with one attached hydrogen (secondary N) is 1. The Labute approximate surface area is 159 Å². The van der Waals surface area contributed by atoms with Crippen LogP contribution in [0.25, 0.3) is 22.3 Å². The summed E-state index contributed by atoms with van der Waals surface area (Å²) in [5.74, 6) is 0. The van der Waals surface area contributed by atoms with E-state index in [1.54, 1.807) is 18.3 Å². The molecule has 0 fully saturated rings. The summed E-state index contributed by atoms with van der Waals surface area (Å²) in [6.45, 7) is 0.728. The number of fused-ring (bicyclic) bond motifs is 1. The number of hydrogen-bond donors (Lipinski definition) is 2. The molecule has 2 N–H and O–H groups in total. The average molecular weight is 395 g/mol. The van der Waals surface area contributed by atoms with Crippen LogP contribution in [-0.2, 0) is 0 Å². The van der Waals surface area contributed by atoms with E-state index < -0.39 is 0 Å². The highest BCUT2D eigenvalue weighted by molar-refractivity contribution is 7.98. The van der Waals surface area contributed by atoms with E-state index in [4.69, 9.17) is 33.3 Å². The first kappa shape index (κ1) is 18.2. The summed E-state index contributed by atoms with van der Waals surface area (Å²) in [7, 11) is 0. The van der Waals surface area contributed by atoms with Crippen LogP contribution in [0, 0.1) is 0 Å². The molecule has 1 aromatic carbocycles. The monoisotopic (exact) mass is 394 g/mol. The molecule has 0 bridgehead atoms. The number of aliphatic hydroxyl groups excluding tert-OH is 1. The Bertz CT molecular complexity index is 907. The highest BCUT2D eigenvalue weighted by Crippen LogP contribution is 2.35. The Kier molecular flexibility index (Phi) is 5.96. The predicted octanol–water partition coefficient (Wildman–Crippen LogP) is 4.51. The molecule has 0 saturated carbocycles. The van der Waals surface area contributed by atoms with Crippen molar-refractivity contribution < 1.29 is 5.11 Å². The molecule has 0 aliphatic heterocycles. The number of aliphatic hydroxyl groups is 1. The van der Waals surface area contributed by atoms with Crippen LogP contribution in [0.3, 0.4) is 0 Å². The van der Waals surface area contributed by atoms with E-state index in [-0.39, 0.29) is 6.61 Å². The van der Waals surface area contributed by atoms with Crippen LogP contribution in [0.5, 0.6) is 0 Å². The number of anilines is 1. The second kappa shape index (κ2) is 8.19. The standard InChI is InChI=1S/C17H16Cl2N4OS/c1-25-17-21-9-15-13(23-17)8-14(20-5-2-6-24)16(22-15)11-4-3-10(18)7-12(11)19/h3-4,7-9,20,24H,2,5-6H2,1H3. The molecule has 0 atom stereocenters. The fraction of sp³-hybridized carbons (Fsp3) is 0.235. The third-order valence-electron chi connectivity index (χ3n) is 3.56. The summed E-state index contributed by atoms with van der Waals surface area (Å²) >= 11 is 13.9. The van der Waals surface area contributed by atoms with Crippen LogP contribution in [0.2, 0.25) is 10.0 Å². The second-order valence-corrected chi connectivity index (χ2v) is 6.89. The zero-order valence-electron chi connectivity index (χ0n) is 13.5. The summed E-state index contributed by atoms with van der Waals surface area (Å²) in [5, 5.41) is 14.1. The van der Waals surface area contributed by atoms with Crippen molar-refractivity contribution in [2.45, 2.75) is 11.6 Å². The minimum absolute atomic E-state index is 0.115. The predicted molar refractivity (Wildman–Crippen MR) is 105 cm³/mol. The lowest BCUT2D eigenvalue weighted by Gasteiger charge is -2.14. The number of hydrogen-bond acceptors (Lipinski definition) is 6. The molecule has 3 rings (SSSR count). The largest absolute Gasteiger partial charge is 0.396 e. The van der Waals surface area contributed by atoms with Gasteiger partial charge in [0.15, 0.2) is 5.16 Å². The molecule has 0 saturated heterocycles. The van der Waals surface area contributed by atoms with Gasteiger partial charge in [0.25, 0.3) is 0 Å². The van der Waals surface area contributed by atoms with Gasteiger partial charge in [-0.25, -0.2) is 15.0 Å². The molecule has 2 heterocycles. The average Bonchev–Trinajstić information content (AvgIpc) is 2.61. The minimum Gasteiger partial charge on any atom is -0.396 e. The van der Waals surface area contributed by atoms with Gasteiger partial charge in [-0.3, -0.25) is 0 Å². The zero-order chi connectivity index (χ0) is 17.8. The van der Waals surface area contributed by atoms with Crippen molar-refractivity contribution in [1.82, 2.24) is 15.0 Å². The number of rotatable bonds is 6. The lowest BCUT2D eigenvalue weighted by Crippen LogP contribution is -2.06. The molecule has 0 aliphatic carbocycles. The fourth-order valence-electron chi connectivity index (χ4n) is 2.37. The number of aromatic nitrogens is 3. The highest BCUT2D eigenvalue weighted by Gasteiger charge is 2.14. The van der Waals surface area contributed by atoms with E-state index in [1.165, 1.54) is 11.8 Å². The van der Waals surface area contributed by atoms with Gasteiger partial charge in [0.2, 0.25) is 0 Å². The molecular weight excluding hydrogens is 379 g/mol. The quantitative estimate of drug-likeness (QED) is 0.364. The van der Waals surface area contributed by atoms with Crippen LogP contribution in [-0.4, -0.2) is 39.5 Å². The van der Waals surface area contributed by atoms with Gasteiger partial charge in [-0.15, -0.1) is 0 Å². The van der Waals surface area contributed by atoms with Crippen molar-refractivity contribution in [2.75, 3.05) is 24.7 Å². The van der Waals surface area contributed by atoms with Crippen molar-refractivity contribution in [1.29, 1.82) is 0 Å².